The first-order valence-electron chi connectivity index (χ1n) is 8.86. The standard InChI is InChI=1S/C19H22N2O5/c22-8-15-18(23)2-1-3-19(15)26-9-13-5-7-24-12-16(13)17-4-6-20-21(17)14-10-25-11-14/h1-4,6,8,13-14,16,23H,5,7,9-12H2. The molecule has 3 heterocycles. The summed E-state index contributed by atoms with van der Waals surface area (Å²) in [5.41, 5.74) is 1.32. The third-order valence-corrected chi connectivity index (χ3v) is 5.16. The van der Waals surface area contributed by atoms with Gasteiger partial charge in [-0.15, -0.1) is 0 Å². The van der Waals surface area contributed by atoms with Crippen LogP contribution in [-0.4, -0.2) is 54.2 Å². The Morgan fingerprint density at radius 1 is 1.27 bits per heavy atom. The maximum Gasteiger partial charge on any atom is 0.157 e. The molecule has 0 radical (unpaired) electrons. The van der Waals surface area contributed by atoms with Crippen LogP contribution in [-0.2, 0) is 9.47 Å². The quantitative estimate of drug-likeness (QED) is 0.797. The van der Waals surface area contributed by atoms with Crippen LogP contribution in [0, 0.1) is 5.92 Å². The molecule has 2 aromatic rings. The molecule has 0 saturated carbocycles. The highest BCUT2D eigenvalue weighted by Crippen LogP contribution is 2.35. The van der Waals surface area contributed by atoms with Crippen molar-refractivity contribution in [3.05, 3.63) is 41.7 Å². The van der Waals surface area contributed by atoms with E-state index in [9.17, 15) is 9.90 Å². The van der Waals surface area contributed by atoms with E-state index in [1.807, 2.05) is 16.9 Å². The molecule has 0 amide bonds. The van der Waals surface area contributed by atoms with Gasteiger partial charge in [0, 0.05) is 30.3 Å². The highest BCUT2D eigenvalue weighted by molar-refractivity contribution is 5.83. The number of aromatic hydroxyl groups is 1. The Morgan fingerprint density at radius 2 is 2.15 bits per heavy atom. The number of phenols is 1. The number of ether oxygens (including phenoxy) is 3. The highest BCUT2D eigenvalue weighted by atomic mass is 16.5. The molecule has 7 heteroatoms. The number of hydrogen-bond donors (Lipinski definition) is 1. The van der Waals surface area contributed by atoms with Crippen molar-refractivity contribution in [1.29, 1.82) is 0 Å². The molecule has 138 valence electrons. The van der Waals surface area contributed by atoms with Crippen molar-refractivity contribution in [2.75, 3.05) is 33.0 Å². The fourth-order valence-corrected chi connectivity index (χ4v) is 3.57. The van der Waals surface area contributed by atoms with Gasteiger partial charge in [0.25, 0.3) is 0 Å². The first-order chi connectivity index (χ1) is 12.8. The van der Waals surface area contributed by atoms with Crippen LogP contribution in [0.4, 0.5) is 0 Å². The Kier molecular flexibility index (Phi) is 4.90. The Balaban J connectivity index is 1.51. The third-order valence-electron chi connectivity index (χ3n) is 5.16. The Labute approximate surface area is 151 Å². The smallest absolute Gasteiger partial charge is 0.157 e. The number of aldehydes is 1. The number of benzene rings is 1. The molecule has 2 aliphatic heterocycles. The average molecular weight is 358 g/mol. The molecule has 0 spiro atoms. The zero-order chi connectivity index (χ0) is 17.9. The number of phenolic OH excluding ortho intramolecular Hbond substituents is 1. The predicted octanol–water partition coefficient (Wildman–Crippen LogP) is 2.17. The van der Waals surface area contributed by atoms with E-state index in [1.165, 1.54) is 6.07 Å². The number of carbonyl (C=O) groups excluding carboxylic acids is 1. The second-order valence-electron chi connectivity index (χ2n) is 6.74. The lowest BCUT2D eigenvalue weighted by molar-refractivity contribution is -0.0336. The number of carbonyl (C=O) groups is 1. The van der Waals surface area contributed by atoms with E-state index in [1.54, 1.807) is 12.1 Å². The molecule has 2 aliphatic rings. The first kappa shape index (κ1) is 17.1. The maximum absolute atomic E-state index is 11.2. The van der Waals surface area contributed by atoms with E-state index in [0.717, 1.165) is 12.1 Å². The maximum atomic E-state index is 11.2. The topological polar surface area (TPSA) is 82.8 Å². The molecule has 2 atom stereocenters. The molecule has 1 aromatic heterocycles. The fourth-order valence-electron chi connectivity index (χ4n) is 3.57. The van der Waals surface area contributed by atoms with E-state index < -0.39 is 0 Å². The van der Waals surface area contributed by atoms with Crippen molar-refractivity contribution in [2.45, 2.75) is 18.4 Å². The van der Waals surface area contributed by atoms with Crippen molar-refractivity contribution >= 4 is 6.29 Å². The molecule has 1 aromatic carbocycles. The summed E-state index contributed by atoms with van der Waals surface area (Å²) in [5, 5.41) is 14.3. The van der Waals surface area contributed by atoms with Crippen molar-refractivity contribution in [1.82, 2.24) is 9.78 Å². The van der Waals surface area contributed by atoms with Gasteiger partial charge < -0.3 is 19.3 Å². The van der Waals surface area contributed by atoms with Gasteiger partial charge in [-0.2, -0.15) is 5.10 Å². The average Bonchev–Trinajstić information content (AvgIpc) is 3.07. The van der Waals surface area contributed by atoms with Crippen LogP contribution in [0.1, 0.15) is 34.4 Å². The highest BCUT2D eigenvalue weighted by Gasteiger charge is 2.33. The van der Waals surface area contributed by atoms with Crippen LogP contribution < -0.4 is 4.74 Å². The zero-order valence-electron chi connectivity index (χ0n) is 14.4. The number of rotatable bonds is 6. The van der Waals surface area contributed by atoms with E-state index >= 15 is 0 Å². The third kappa shape index (κ3) is 3.20. The van der Waals surface area contributed by atoms with E-state index in [0.29, 0.717) is 45.1 Å². The van der Waals surface area contributed by atoms with Crippen molar-refractivity contribution in [2.24, 2.45) is 5.92 Å². The van der Waals surface area contributed by atoms with Crippen LogP contribution in [0.15, 0.2) is 30.5 Å². The zero-order valence-corrected chi connectivity index (χ0v) is 14.4. The lowest BCUT2D eigenvalue weighted by Crippen LogP contribution is -2.36. The van der Waals surface area contributed by atoms with E-state index in [4.69, 9.17) is 14.2 Å². The number of hydrogen-bond acceptors (Lipinski definition) is 6. The first-order valence-corrected chi connectivity index (χ1v) is 8.86. The summed E-state index contributed by atoms with van der Waals surface area (Å²) in [6.07, 6.45) is 3.31. The normalized spacial score (nSPS) is 23.4. The van der Waals surface area contributed by atoms with Crippen LogP contribution in [0.5, 0.6) is 11.5 Å². The van der Waals surface area contributed by atoms with Crippen molar-refractivity contribution in [3.8, 4) is 11.5 Å². The van der Waals surface area contributed by atoms with Gasteiger partial charge in [0.05, 0.1) is 38.0 Å². The summed E-state index contributed by atoms with van der Waals surface area (Å²) in [7, 11) is 0. The Bertz CT molecular complexity index is 771. The summed E-state index contributed by atoms with van der Waals surface area (Å²) in [4.78, 5) is 11.2. The van der Waals surface area contributed by atoms with E-state index in [-0.39, 0.29) is 29.2 Å². The molecule has 1 N–H and O–H groups in total. The molecule has 4 rings (SSSR count). The monoisotopic (exact) mass is 358 g/mol. The van der Waals surface area contributed by atoms with Crippen LogP contribution in [0.2, 0.25) is 0 Å². The van der Waals surface area contributed by atoms with Gasteiger partial charge in [-0.25, -0.2) is 0 Å². The minimum Gasteiger partial charge on any atom is -0.507 e. The second-order valence-corrected chi connectivity index (χ2v) is 6.74. The Hall–Kier alpha value is -2.38. The molecular formula is C19H22N2O5. The molecule has 26 heavy (non-hydrogen) atoms. The minimum atomic E-state index is -0.0657. The van der Waals surface area contributed by atoms with Gasteiger partial charge in [0.15, 0.2) is 6.29 Å². The van der Waals surface area contributed by atoms with Gasteiger partial charge >= 0.3 is 0 Å². The summed E-state index contributed by atoms with van der Waals surface area (Å²) < 4.78 is 19.0. The lowest BCUT2D eigenvalue weighted by Gasteiger charge is -2.35. The molecule has 7 nitrogen and oxygen atoms in total. The van der Waals surface area contributed by atoms with Gasteiger partial charge in [0.1, 0.15) is 11.5 Å². The molecule has 2 unspecified atom stereocenters. The summed E-state index contributed by atoms with van der Waals surface area (Å²) in [5.74, 6) is 0.751. The van der Waals surface area contributed by atoms with Crippen molar-refractivity contribution in [3.63, 3.8) is 0 Å². The van der Waals surface area contributed by atoms with Gasteiger partial charge in [-0.05, 0) is 24.6 Å². The molecular weight excluding hydrogens is 336 g/mol. The fraction of sp³-hybridized carbons (Fsp3) is 0.474. The number of aromatic nitrogens is 2. The van der Waals surface area contributed by atoms with Gasteiger partial charge in [-0.1, -0.05) is 6.07 Å². The molecule has 2 saturated heterocycles. The van der Waals surface area contributed by atoms with Crippen LogP contribution >= 0.6 is 0 Å². The van der Waals surface area contributed by atoms with Crippen LogP contribution in [0.3, 0.4) is 0 Å². The predicted molar refractivity (Wildman–Crippen MR) is 92.7 cm³/mol. The van der Waals surface area contributed by atoms with Crippen molar-refractivity contribution < 1.29 is 24.1 Å². The molecule has 2 fully saturated rings. The Morgan fingerprint density at radius 3 is 2.92 bits per heavy atom. The summed E-state index contributed by atoms with van der Waals surface area (Å²) >= 11 is 0. The summed E-state index contributed by atoms with van der Waals surface area (Å²) in [6.45, 7) is 3.13. The van der Waals surface area contributed by atoms with E-state index in [2.05, 4.69) is 5.10 Å². The summed E-state index contributed by atoms with van der Waals surface area (Å²) in [6, 6.07) is 7.18. The van der Waals surface area contributed by atoms with Gasteiger partial charge in [-0.3, -0.25) is 9.48 Å². The molecule has 0 aliphatic carbocycles. The lowest BCUT2D eigenvalue weighted by atomic mass is 9.86. The van der Waals surface area contributed by atoms with Gasteiger partial charge in [0.2, 0.25) is 0 Å². The minimum absolute atomic E-state index is 0.0657. The van der Waals surface area contributed by atoms with Crippen LogP contribution in [0.25, 0.3) is 0 Å². The second kappa shape index (κ2) is 7.47. The molecule has 0 bridgehead atoms. The number of nitrogens with zero attached hydrogens (tertiary/aromatic N) is 2. The largest absolute Gasteiger partial charge is 0.507 e. The SMILES string of the molecule is O=Cc1c(O)cccc1OCC1CCOCC1c1ccnn1C1COC1.